The molecule has 1 atom stereocenters. The second-order valence-corrected chi connectivity index (χ2v) is 7.94. The van der Waals surface area contributed by atoms with Gasteiger partial charge in [-0.3, -0.25) is 14.8 Å². The van der Waals surface area contributed by atoms with Crippen molar-refractivity contribution in [1.82, 2.24) is 15.7 Å². The minimum absolute atomic E-state index is 0.225. The number of nitrogens with zero attached hydrogens (tertiary/aromatic N) is 1. The fourth-order valence-electron chi connectivity index (χ4n) is 3.34. The molecule has 172 valence electrons. The van der Waals surface area contributed by atoms with E-state index in [9.17, 15) is 14.4 Å². The summed E-state index contributed by atoms with van der Waals surface area (Å²) in [7, 11) is 3.00. The van der Waals surface area contributed by atoms with Crippen LogP contribution in [-0.2, 0) is 9.59 Å². The maximum Gasteiger partial charge on any atom is 0.320 e. The fraction of sp³-hybridized carbons (Fsp3) is 0.571. The maximum atomic E-state index is 13.2. The lowest BCUT2D eigenvalue weighted by Gasteiger charge is -2.35. The van der Waals surface area contributed by atoms with Crippen LogP contribution in [0.2, 0.25) is 0 Å². The fourth-order valence-corrected chi connectivity index (χ4v) is 3.34. The molecule has 1 saturated carbocycles. The highest BCUT2D eigenvalue weighted by Gasteiger charge is 2.32. The molecule has 0 saturated heterocycles. The van der Waals surface area contributed by atoms with Crippen LogP contribution in [0.15, 0.2) is 18.2 Å². The standard InChI is InChI=1S/C21H32N4O6/c1-13(2)19(20(27)25(12-18(26)24-29)11-14-6-5-7-14)23-21(28)22-16-9-8-15(30-3)10-17(16)31-4/h8-10,13-14,19,29H,5-7,11-12H2,1-4H3,(H,24,26)(H2,22,23,28)/t19-/m0/s1. The molecular formula is C21H32N4O6. The van der Waals surface area contributed by atoms with Gasteiger partial charge >= 0.3 is 6.03 Å². The van der Waals surface area contributed by atoms with E-state index in [1.807, 2.05) is 13.8 Å². The average molecular weight is 437 g/mol. The third-order valence-electron chi connectivity index (χ3n) is 5.35. The molecule has 0 unspecified atom stereocenters. The first-order chi connectivity index (χ1) is 14.8. The van der Waals surface area contributed by atoms with Crippen molar-refractivity contribution in [2.24, 2.45) is 11.8 Å². The lowest BCUT2D eigenvalue weighted by Crippen LogP contribution is -2.55. The molecule has 0 aliphatic heterocycles. The topological polar surface area (TPSA) is 129 Å². The first kappa shape index (κ1) is 24.3. The second kappa shape index (κ2) is 11.4. The quantitative estimate of drug-likeness (QED) is 0.328. The predicted molar refractivity (Wildman–Crippen MR) is 114 cm³/mol. The summed E-state index contributed by atoms with van der Waals surface area (Å²) in [6.07, 6.45) is 3.07. The van der Waals surface area contributed by atoms with Gasteiger partial charge in [-0.05, 0) is 36.8 Å². The lowest BCUT2D eigenvalue weighted by molar-refractivity contribution is -0.142. The number of carbonyl (C=O) groups excluding carboxylic acids is 3. The van der Waals surface area contributed by atoms with E-state index in [0.717, 1.165) is 19.3 Å². The molecule has 4 N–H and O–H groups in total. The van der Waals surface area contributed by atoms with Crippen molar-refractivity contribution < 1.29 is 29.1 Å². The molecule has 1 aliphatic carbocycles. The summed E-state index contributed by atoms with van der Waals surface area (Å²) in [5.74, 6) is 0.0302. The van der Waals surface area contributed by atoms with Crippen LogP contribution in [0.25, 0.3) is 0 Å². The number of urea groups is 1. The van der Waals surface area contributed by atoms with Crippen LogP contribution in [0.4, 0.5) is 10.5 Å². The lowest BCUT2D eigenvalue weighted by atomic mass is 9.85. The monoisotopic (exact) mass is 436 g/mol. The molecule has 10 heteroatoms. The Morgan fingerprint density at radius 1 is 1.19 bits per heavy atom. The zero-order valence-corrected chi connectivity index (χ0v) is 18.4. The highest BCUT2D eigenvalue weighted by Crippen LogP contribution is 2.29. The van der Waals surface area contributed by atoms with Gasteiger partial charge in [-0.25, -0.2) is 10.3 Å². The number of ether oxygens (including phenoxy) is 2. The highest BCUT2D eigenvalue weighted by atomic mass is 16.5. The number of hydrogen-bond acceptors (Lipinski definition) is 6. The van der Waals surface area contributed by atoms with E-state index in [2.05, 4.69) is 10.6 Å². The average Bonchev–Trinajstić information content (AvgIpc) is 2.72. The molecule has 0 aromatic heterocycles. The SMILES string of the molecule is COc1ccc(NC(=O)N[C@H](C(=O)N(CC(=O)NO)CC2CCC2)C(C)C)c(OC)c1. The van der Waals surface area contributed by atoms with Gasteiger partial charge < -0.3 is 25.0 Å². The van der Waals surface area contributed by atoms with Crippen LogP contribution in [0.1, 0.15) is 33.1 Å². The number of methoxy groups -OCH3 is 2. The van der Waals surface area contributed by atoms with Gasteiger partial charge in [0.15, 0.2) is 0 Å². The van der Waals surface area contributed by atoms with Gasteiger partial charge in [0, 0.05) is 12.6 Å². The van der Waals surface area contributed by atoms with E-state index >= 15 is 0 Å². The van der Waals surface area contributed by atoms with Crippen molar-refractivity contribution in [3.8, 4) is 11.5 Å². The number of anilines is 1. The van der Waals surface area contributed by atoms with Gasteiger partial charge in [-0.1, -0.05) is 20.3 Å². The predicted octanol–water partition coefficient (Wildman–Crippen LogP) is 1.98. The van der Waals surface area contributed by atoms with Gasteiger partial charge in [-0.15, -0.1) is 0 Å². The Balaban J connectivity index is 2.11. The minimum atomic E-state index is -0.851. The molecule has 1 fully saturated rings. The van der Waals surface area contributed by atoms with Crippen LogP contribution in [0.3, 0.4) is 0 Å². The van der Waals surface area contributed by atoms with Crippen molar-refractivity contribution >= 4 is 23.5 Å². The molecule has 0 radical (unpaired) electrons. The van der Waals surface area contributed by atoms with Crippen molar-refractivity contribution in [3.63, 3.8) is 0 Å². The number of nitrogens with one attached hydrogen (secondary N) is 3. The number of benzene rings is 1. The second-order valence-electron chi connectivity index (χ2n) is 7.94. The Morgan fingerprint density at radius 2 is 1.90 bits per heavy atom. The summed E-state index contributed by atoms with van der Waals surface area (Å²) in [6, 6.07) is 3.52. The third-order valence-corrected chi connectivity index (χ3v) is 5.35. The van der Waals surface area contributed by atoms with Crippen molar-refractivity contribution in [1.29, 1.82) is 0 Å². The van der Waals surface area contributed by atoms with E-state index in [-0.39, 0.29) is 18.4 Å². The van der Waals surface area contributed by atoms with E-state index in [1.165, 1.54) is 19.1 Å². The molecule has 4 amide bonds. The van der Waals surface area contributed by atoms with Crippen LogP contribution in [0, 0.1) is 11.8 Å². The summed E-state index contributed by atoms with van der Waals surface area (Å²) < 4.78 is 10.4. The molecule has 1 aliphatic rings. The molecule has 0 spiro atoms. The Labute approximate surface area is 182 Å². The summed E-state index contributed by atoms with van der Waals surface area (Å²) in [5.41, 5.74) is 1.98. The number of amides is 4. The van der Waals surface area contributed by atoms with E-state index in [1.54, 1.807) is 23.7 Å². The number of carbonyl (C=O) groups is 3. The summed E-state index contributed by atoms with van der Waals surface area (Å²) in [6.45, 7) is 3.75. The van der Waals surface area contributed by atoms with Crippen LogP contribution in [-0.4, -0.2) is 61.3 Å². The molecule has 31 heavy (non-hydrogen) atoms. The van der Waals surface area contributed by atoms with Gasteiger partial charge in [0.05, 0.1) is 19.9 Å². The summed E-state index contributed by atoms with van der Waals surface area (Å²) >= 11 is 0. The molecular weight excluding hydrogens is 404 g/mol. The van der Waals surface area contributed by atoms with Crippen molar-refractivity contribution in [2.45, 2.75) is 39.2 Å². The van der Waals surface area contributed by atoms with Gasteiger partial charge in [-0.2, -0.15) is 0 Å². The Hall–Kier alpha value is -3.01. The summed E-state index contributed by atoms with van der Waals surface area (Å²) in [5, 5.41) is 14.3. The van der Waals surface area contributed by atoms with Gasteiger partial charge in [0.2, 0.25) is 5.91 Å². The van der Waals surface area contributed by atoms with Crippen molar-refractivity contribution in [2.75, 3.05) is 32.6 Å². The van der Waals surface area contributed by atoms with E-state index in [4.69, 9.17) is 14.7 Å². The number of hydroxylamine groups is 1. The number of rotatable bonds is 10. The largest absolute Gasteiger partial charge is 0.497 e. The van der Waals surface area contributed by atoms with Crippen LogP contribution < -0.4 is 25.6 Å². The van der Waals surface area contributed by atoms with Gasteiger partial charge in [0.1, 0.15) is 24.1 Å². The first-order valence-electron chi connectivity index (χ1n) is 10.3. The van der Waals surface area contributed by atoms with E-state index < -0.39 is 18.0 Å². The Bertz CT molecular complexity index is 781. The third kappa shape index (κ3) is 6.74. The smallest absolute Gasteiger partial charge is 0.320 e. The zero-order valence-electron chi connectivity index (χ0n) is 18.4. The van der Waals surface area contributed by atoms with Gasteiger partial charge in [0.25, 0.3) is 5.91 Å². The Kier molecular flexibility index (Phi) is 8.92. The number of hydrogen-bond donors (Lipinski definition) is 4. The normalized spacial score (nSPS) is 14.3. The summed E-state index contributed by atoms with van der Waals surface area (Å²) in [4.78, 5) is 38.9. The minimum Gasteiger partial charge on any atom is -0.497 e. The van der Waals surface area contributed by atoms with Crippen LogP contribution >= 0.6 is 0 Å². The molecule has 0 heterocycles. The molecule has 10 nitrogen and oxygen atoms in total. The molecule has 1 aromatic carbocycles. The van der Waals surface area contributed by atoms with E-state index in [0.29, 0.717) is 29.6 Å². The Morgan fingerprint density at radius 3 is 2.42 bits per heavy atom. The zero-order chi connectivity index (χ0) is 23.0. The molecule has 1 aromatic rings. The van der Waals surface area contributed by atoms with Crippen molar-refractivity contribution in [3.05, 3.63) is 18.2 Å². The highest BCUT2D eigenvalue weighted by molar-refractivity contribution is 5.95. The van der Waals surface area contributed by atoms with Crippen LogP contribution in [0.5, 0.6) is 11.5 Å². The molecule has 2 rings (SSSR count). The maximum absolute atomic E-state index is 13.2. The molecule has 0 bridgehead atoms. The first-order valence-corrected chi connectivity index (χ1v) is 10.3.